The number of esters is 1. The monoisotopic (exact) mass is 302 g/mol. The van der Waals surface area contributed by atoms with Crippen LogP contribution in [0, 0.1) is 0 Å². The Morgan fingerprint density at radius 2 is 2.05 bits per heavy atom. The molecule has 0 N–H and O–H groups in total. The fourth-order valence-electron chi connectivity index (χ4n) is 1.80. The summed E-state index contributed by atoms with van der Waals surface area (Å²) >= 11 is 0. The van der Waals surface area contributed by atoms with Crippen molar-refractivity contribution in [2.45, 2.75) is 20.3 Å². The lowest BCUT2D eigenvalue weighted by Gasteiger charge is -2.06. The lowest BCUT2D eigenvalue weighted by molar-refractivity contribution is 0.0519. The molecular formula is C16H18N2O4. The van der Waals surface area contributed by atoms with Crippen molar-refractivity contribution in [3.05, 3.63) is 54.0 Å². The van der Waals surface area contributed by atoms with Crippen LogP contribution in [0.5, 0.6) is 0 Å². The molecule has 22 heavy (non-hydrogen) atoms. The topological polar surface area (TPSA) is 74.5 Å². The molecule has 0 spiro atoms. The zero-order chi connectivity index (χ0) is 15.9. The van der Waals surface area contributed by atoms with Crippen molar-refractivity contribution in [1.29, 1.82) is 0 Å². The van der Waals surface area contributed by atoms with Gasteiger partial charge in [0.2, 0.25) is 5.89 Å². The van der Waals surface area contributed by atoms with Crippen LogP contribution in [0.3, 0.4) is 0 Å². The molecule has 2 aromatic heterocycles. The average molecular weight is 302 g/mol. The second kappa shape index (κ2) is 7.40. The number of nitrogens with zero attached hydrogens (tertiary/aromatic N) is 2. The van der Waals surface area contributed by atoms with E-state index in [1.807, 2.05) is 19.1 Å². The first-order valence-electron chi connectivity index (χ1n) is 7.02. The van der Waals surface area contributed by atoms with Gasteiger partial charge in [0.05, 0.1) is 19.6 Å². The molecule has 116 valence electrons. The van der Waals surface area contributed by atoms with Gasteiger partial charge in [0.1, 0.15) is 12.0 Å². The molecule has 2 heterocycles. The van der Waals surface area contributed by atoms with Crippen molar-refractivity contribution in [3.8, 4) is 0 Å². The van der Waals surface area contributed by atoms with Crippen LogP contribution in [-0.2, 0) is 15.9 Å². The lowest BCUT2D eigenvalue weighted by Crippen LogP contribution is -2.05. The number of ether oxygens (including phenoxy) is 2. The van der Waals surface area contributed by atoms with E-state index in [1.54, 1.807) is 13.1 Å². The van der Waals surface area contributed by atoms with E-state index in [-0.39, 0.29) is 5.69 Å². The zero-order valence-corrected chi connectivity index (χ0v) is 12.7. The summed E-state index contributed by atoms with van der Waals surface area (Å²) < 4.78 is 15.4. The Hall–Kier alpha value is -2.63. The first kappa shape index (κ1) is 15.8. The number of pyridine rings is 1. The molecule has 0 aliphatic carbocycles. The molecule has 0 unspecified atom stereocenters. The summed E-state index contributed by atoms with van der Waals surface area (Å²) in [6, 6.07) is 3.71. The largest absolute Gasteiger partial charge is 0.494 e. The van der Waals surface area contributed by atoms with Crippen molar-refractivity contribution in [2.75, 3.05) is 13.2 Å². The highest BCUT2D eigenvalue weighted by Gasteiger charge is 2.13. The molecule has 0 fully saturated rings. The molecule has 0 bridgehead atoms. The first-order chi connectivity index (χ1) is 10.6. The van der Waals surface area contributed by atoms with Crippen LogP contribution < -0.4 is 0 Å². The van der Waals surface area contributed by atoms with Gasteiger partial charge in [-0.1, -0.05) is 6.58 Å². The van der Waals surface area contributed by atoms with Crippen LogP contribution in [0.2, 0.25) is 0 Å². The molecule has 0 atom stereocenters. The van der Waals surface area contributed by atoms with Gasteiger partial charge in [-0.05, 0) is 26.0 Å². The standard InChI is InChI=1S/C16H18N2O4/c1-4-20-11(3)12-6-7-13(17-9-12)8-15-18-14(10-22-15)16(19)21-5-2/h6-7,9-10H,3-5,8H2,1-2H3. The molecule has 0 saturated heterocycles. The Labute approximate surface area is 128 Å². The number of aromatic nitrogens is 2. The Kier molecular flexibility index (Phi) is 5.30. The van der Waals surface area contributed by atoms with Gasteiger partial charge < -0.3 is 13.9 Å². The highest BCUT2D eigenvalue weighted by molar-refractivity contribution is 5.86. The minimum atomic E-state index is -0.492. The Morgan fingerprint density at radius 3 is 2.68 bits per heavy atom. The van der Waals surface area contributed by atoms with E-state index < -0.39 is 5.97 Å². The summed E-state index contributed by atoms with van der Waals surface area (Å²) in [7, 11) is 0. The van der Waals surface area contributed by atoms with Gasteiger partial charge >= 0.3 is 5.97 Å². The van der Waals surface area contributed by atoms with Crippen LogP contribution >= 0.6 is 0 Å². The second-order valence-electron chi connectivity index (χ2n) is 4.42. The summed E-state index contributed by atoms with van der Waals surface area (Å²) in [5.41, 5.74) is 1.76. The Morgan fingerprint density at radius 1 is 1.27 bits per heavy atom. The van der Waals surface area contributed by atoms with Crippen molar-refractivity contribution in [3.63, 3.8) is 0 Å². The van der Waals surface area contributed by atoms with Gasteiger partial charge in [0.15, 0.2) is 5.69 Å². The van der Waals surface area contributed by atoms with Crippen molar-refractivity contribution in [2.24, 2.45) is 0 Å². The molecule has 2 rings (SSSR count). The number of hydrogen-bond donors (Lipinski definition) is 0. The van der Waals surface area contributed by atoms with E-state index in [9.17, 15) is 4.79 Å². The maximum Gasteiger partial charge on any atom is 0.360 e. The van der Waals surface area contributed by atoms with E-state index in [4.69, 9.17) is 13.9 Å². The highest BCUT2D eigenvalue weighted by atomic mass is 16.5. The smallest absolute Gasteiger partial charge is 0.360 e. The maximum absolute atomic E-state index is 11.5. The normalized spacial score (nSPS) is 10.3. The third-order valence-electron chi connectivity index (χ3n) is 2.83. The number of carbonyl (C=O) groups excluding carboxylic acids is 1. The minimum absolute atomic E-state index is 0.165. The summed E-state index contributed by atoms with van der Waals surface area (Å²) in [6.45, 7) is 8.32. The predicted molar refractivity (Wildman–Crippen MR) is 80.2 cm³/mol. The molecule has 6 heteroatoms. The molecule has 6 nitrogen and oxygen atoms in total. The quantitative estimate of drug-likeness (QED) is 0.578. The first-order valence-corrected chi connectivity index (χ1v) is 7.02. The molecule has 0 aromatic carbocycles. The van der Waals surface area contributed by atoms with Gasteiger partial charge in [0.25, 0.3) is 0 Å². The number of oxazole rings is 1. The van der Waals surface area contributed by atoms with E-state index in [0.717, 1.165) is 11.3 Å². The number of rotatable bonds is 7. The fraction of sp³-hybridized carbons (Fsp3) is 0.312. The molecule has 0 aliphatic rings. The van der Waals surface area contributed by atoms with Crippen LogP contribution in [0.15, 0.2) is 35.6 Å². The molecule has 0 aliphatic heterocycles. The van der Waals surface area contributed by atoms with Crippen LogP contribution in [0.1, 0.15) is 41.5 Å². The van der Waals surface area contributed by atoms with Crippen LogP contribution in [0.4, 0.5) is 0 Å². The lowest BCUT2D eigenvalue weighted by atomic mass is 10.2. The highest BCUT2D eigenvalue weighted by Crippen LogP contribution is 2.14. The number of carbonyl (C=O) groups is 1. The van der Waals surface area contributed by atoms with Crippen molar-refractivity contribution < 1.29 is 18.7 Å². The van der Waals surface area contributed by atoms with Crippen LogP contribution in [0.25, 0.3) is 5.76 Å². The summed E-state index contributed by atoms with van der Waals surface area (Å²) in [5, 5.41) is 0. The summed E-state index contributed by atoms with van der Waals surface area (Å²) in [5.74, 6) is 0.503. The van der Waals surface area contributed by atoms with Gasteiger partial charge in [-0.3, -0.25) is 4.98 Å². The van der Waals surface area contributed by atoms with E-state index in [0.29, 0.717) is 31.3 Å². The molecule has 2 aromatic rings. The predicted octanol–water partition coefficient (Wildman–Crippen LogP) is 2.84. The zero-order valence-electron chi connectivity index (χ0n) is 12.7. The van der Waals surface area contributed by atoms with E-state index >= 15 is 0 Å². The SMILES string of the molecule is C=C(OCC)c1ccc(Cc2nc(C(=O)OCC)co2)nc1. The van der Waals surface area contributed by atoms with Gasteiger partial charge in [-0.25, -0.2) is 9.78 Å². The van der Waals surface area contributed by atoms with Crippen LogP contribution in [-0.4, -0.2) is 29.2 Å². The van der Waals surface area contributed by atoms with E-state index in [1.165, 1.54) is 6.26 Å². The molecule has 0 amide bonds. The average Bonchev–Trinajstić information content (AvgIpc) is 2.97. The van der Waals surface area contributed by atoms with Gasteiger partial charge in [0, 0.05) is 17.5 Å². The summed E-state index contributed by atoms with van der Waals surface area (Å²) in [4.78, 5) is 19.9. The minimum Gasteiger partial charge on any atom is -0.494 e. The maximum atomic E-state index is 11.5. The fourth-order valence-corrected chi connectivity index (χ4v) is 1.80. The molecular weight excluding hydrogens is 284 g/mol. The molecule has 0 radical (unpaired) electrons. The van der Waals surface area contributed by atoms with E-state index in [2.05, 4.69) is 16.5 Å². The second-order valence-corrected chi connectivity index (χ2v) is 4.42. The van der Waals surface area contributed by atoms with Gasteiger partial charge in [-0.15, -0.1) is 0 Å². The van der Waals surface area contributed by atoms with Crippen molar-refractivity contribution in [1.82, 2.24) is 9.97 Å². The Bertz CT molecular complexity index is 646. The third-order valence-corrected chi connectivity index (χ3v) is 2.83. The van der Waals surface area contributed by atoms with Gasteiger partial charge in [-0.2, -0.15) is 0 Å². The molecule has 0 saturated carbocycles. The summed E-state index contributed by atoms with van der Waals surface area (Å²) in [6.07, 6.45) is 3.36. The number of hydrogen-bond acceptors (Lipinski definition) is 6. The van der Waals surface area contributed by atoms with Crippen molar-refractivity contribution >= 4 is 11.7 Å². The third kappa shape index (κ3) is 3.94. The Balaban J connectivity index is 2.02.